The number of nitrogens with zero attached hydrogens (tertiary/aromatic N) is 1. The molecule has 2 rings (SSSR count). The summed E-state index contributed by atoms with van der Waals surface area (Å²) in [7, 11) is 0. The van der Waals surface area contributed by atoms with E-state index >= 15 is 0 Å². The molecule has 1 saturated heterocycles. The van der Waals surface area contributed by atoms with E-state index in [1.807, 2.05) is 0 Å². The zero-order valence-corrected chi connectivity index (χ0v) is 12.5. The number of carbonyl (C=O) groups is 2. The summed E-state index contributed by atoms with van der Waals surface area (Å²) in [5.41, 5.74) is 0.287. The van der Waals surface area contributed by atoms with Gasteiger partial charge in [0.2, 0.25) is 0 Å². The fourth-order valence-electron chi connectivity index (χ4n) is 3.52. The van der Waals surface area contributed by atoms with Crippen LogP contribution in [-0.4, -0.2) is 41.6 Å². The molecule has 1 aliphatic carbocycles. The Hall–Kier alpha value is -1.26. The van der Waals surface area contributed by atoms with E-state index in [1.54, 1.807) is 4.90 Å². The largest absolute Gasteiger partial charge is 0.481 e. The molecule has 1 saturated carbocycles. The van der Waals surface area contributed by atoms with Crippen LogP contribution >= 0.6 is 0 Å². The molecule has 1 aliphatic heterocycles. The molecule has 2 fully saturated rings. The van der Waals surface area contributed by atoms with E-state index in [4.69, 9.17) is 5.11 Å². The van der Waals surface area contributed by atoms with E-state index in [9.17, 15) is 9.59 Å². The zero-order chi connectivity index (χ0) is 14.8. The molecule has 20 heavy (non-hydrogen) atoms. The van der Waals surface area contributed by atoms with Gasteiger partial charge in [0.1, 0.15) is 0 Å². The van der Waals surface area contributed by atoms with Gasteiger partial charge in [0, 0.05) is 19.6 Å². The summed E-state index contributed by atoms with van der Waals surface area (Å²) in [4.78, 5) is 24.7. The van der Waals surface area contributed by atoms with Crippen molar-refractivity contribution in [1.82, 2.24) is 10.2 Å². The molecule has 1 atom stereocenters. The highest BCUT2D eigenvalue weighted by Crippen LogP contribution is 2.45. The van der Waals surface area contributed by atoms with Gasteiger partial charge < -0.3 is 15.3 Å². The average molecular weight is 282 g/mol. The fraction of sp³-hybridized carbons (Fsp3) is 0.867. The Morgan fingerprint density at radius 2 is 2.10 bits per heavy atom. The van der Waals surface area contributed by atoms with Crippen molar-refractivity contribution in [1.29, 1.82) is 0 Å². The number of amides is 2. The molecule has 2 aliphatic rings. The summed E-state index contributed by atoms with van der Waals surface area (Å²) in [6.45, 7) is 6.08. The van der Waals surface area contributed by atoms with Crippen molar-refractivity contribution in [3.63, 3.8) is 0 Å². The molecular formula is C15H26N2O3. The van der Waals surface area contributed by atoms with Gasteiger partial charge in [-0.1, -0.05) is 20.3 Å². The Labute approximate surface area is 120 Å². The first-order chi connectivity index (χ1) is 9.42. The highest BCUT2D eigenvalue weighted by atomic mass is 16.4. The zero-order valence-electron chi connectivity index (χ0n) is 12.5. The average Bonchev–Trinajstić information content (AvgIpc) is 2.81. The van der Waals surface area contributed by atoms with Crippen LogP contribution in [0.25, 0.3) is 0 Å². The van der Waals surface area contributed by atoms with Crippen molar-refractivity contribution in [2.45, 2.75) is 46.0 Å². The molecule has 5 heteroatoms. The van der Waals surface area contributed by atoms with Crippen molar-refractivity contribution in [2.24, 2.45) is 17.3 Å². The number of rotatable bonds is 5. The highest BCUT2D eigenvalue weighted by molar-refractivity contribution is 5.77. The number of carbonyl (C=O) groups excluding carboxylic acids is 1. The van der Waals surface area contributed by atoms with Gasteiger partial charge in [-0.15, -0.1) is 0 Å². The number of carboxylic acid groups (broad SMARTS) is 1. The third-order valence-corrected chi connectivity index (χ3v) is 4.69. The molecule has 2 N–H and O–H groups in total. The van der Waals surface area contributed by atoms with E-state index in [0.717, 1.165) is 13.0 Å². The van der Waals surface area contributed by atoms with Crippen LogP contribution in [0.5, 0.6) is 0 Å². The maximum Gasteiger partial charge on any atom is 0.317 e. The first-order valence-corrected chi connectivity index (χ1v) is 7.67. The lowest BCUT2D eigenvalue weighted by Crippen LogP contribution is -2.47. The minimum atomic E-state index is -0.796. The molecule has 0 aromatic rings. The summed E-state index contributed by atoms with van der Waals surface area (Å²) in [5.74, 6) is -0.542. The van der Waals surface area contributed by atoms with Crippen molar-refractivity contribution in [2.75, 3.05) is 19.6 Å². The molecule has 0 bridgehead atoms. The van der Waals surface area contributed by atoms with Crippen molar-refractivity contribution >= 4 is 12.0 Å². The summed E-state index contributed by atoms with van der Waals surface area (Å²) < 4.78 is 0. The quantitative estimate of drug-likeness (QED) is 0.813. The molecule has 0 aromatic heterocycles. The van der Waals surface area contributed by atoms with E-state index < -0.39 is 11.9 Å². The summed E-state index contributed by atoms with van der Waals surface area (Å²) in [5, 5.41) is 12.0. The summed E-state index contributed by atoms with van der Waals surface area (Å²) in [6.07, 6.45) is 5.38. The molecule has 0 aromatic carbocycles. The van der Waals surface area contributed by atoms with Crippen LogP contribution in [-0.2, 0) is 4.79 Å². The SMILES string of the molecule is CC(C)CC1(CNC(=O)N2CCC(C(=O)O)C2)CCC1. The maximum absolute atomic E-state index is 12.1. The van der Waals surface area contributed by atoms with E-state index in [2.05, 4.69) is 19.2 Å². The monoisotopic (exact) mass is 282 g/mol. The molecule has 114 valence electrons. The van der Waals surface area contributed by atoms with Crippen LogP contribution < -0.4 is 5.32 Å². The summed E-state index contributed by atoms with van der Waals surface area (Å²) >= 11 is 0. The van der Waals surface area contributed by atoms with Gasteiger partial charge in [0.05, 0.1) is 5.92 Å². The Morgan fingerprint density at radius 3 is 2.55 bits per heavy atom. The van der Waals surface area contributed by atoms with E-state index in [1.165, 1.54) is 19.3 Å². The van der Waals surface area contributed by atoms with Crippen molar-refractivity contribution in [3.8, 4) is 0 Å². The Kier molecular flexibility index (Phi) is 4.55. The third-order valence-electron chi connectivity index (χ3n) is 4.69. The number of aliphatic carboxylic acids is 1. The van der Waals surface area contributed by atoms with Gasteiger partial charge in [-0.3, -0.25) is 4.79 Å². The second-order valence-electron chi connectivity index (χ2n) is 6.88. The number of likely N-dealkylation sites (tertiary alicyclic amines) is 1. The molecule has 1 heterocycles. The number of hydrogen-bond donors (Lipinski definition) is 2. The lowest BCUT2D eigenvalue weighted by atomic mass is 9.64. The second kappa shape index (κ2) is 6.02. The Bertz CT molecular complexity index is 377. The van der Waals surface area contributed by atoms with Crippen LogP contribution in [0, 0.1) is 17.3 Å². The van der Waals surface area contributed by atoms with Gasteiger partial charge in [0.15, 0.2) is 0 Å². The van der Waals surface area contributed by atoms with Gasteiger partial charge >= 0.3 is 12.0 Å². The summed E-state index contributed by atoms with van der Waals surface area (Å²) in [6, 6.07) is -0.0937. The molecule has 0 spiro atoms. The van der Waals surface area contributed by atoms with Gasteiger partial charge in [-0.2, -0.15) is 0 Å². The number of nitrogens with one attached hydrogen (secondary N) is 1. The number of urea groups is 1. The normalized spacial score (nSPS) is 24.6. The van der Waals surface area contributed by atoms with E-state index in [0.29, 0.717) is 25.4 Å². The van der Waals surface area contributed by atoms with Crippen LogP contribution in [0.4, 0.5) is 4.79 Å². The highest BCUT2D eigenvalue weighted by Gasteiger charge is 2.38. The Morgan fingerprint density at radius 1 is 1.40 bits per heavy atom. The van der Waals surface area contributed by atoms with E-state index in [-0.39, 0.29) is 11.4 Å². The minimum Gasteiger partial charge on any atom is -0.481 e. The standard InChI is InChI=1S/C15H26N2O3/c1-11(2)8-15(5-3-6-15)10-16-14(20)17-7-4-12(9-17)13(18)19/h11-12H,3-10H2,1-2H3,(H,16,20)(H,18,19). The van der Waals surface area contributed by atoms with Gasteiger partial charge in [0.25, 0.3) is 0 Å². The topological polar surface area (TPSA) is 69.6 Å². The third kappa shape index (κ3) is 3.44. The maximum atomic E-state index is 12.1. The minimum absolute atomic E-state index is 0.0937. The first-order valence-electron chi connectivity index (χ1n) is 7.67. The van der Waals surface area contributed by atoms with Gasteiger partial charge in [-0.05, 0) is 37.0 Å². The molecule has 2 amide bonds. The van der Waals surface area contributed by atoms with Crippen molar-refractivity contribution in [3.05, 3.63) is 0 Å². The molecular weight excluding hydrogens is 256 g/mol. The predicted molar refractivity (Wildman–Crippen MR) is 76.5 cm³/mol. The Balaban J connectivity index is 1.79. The number of hydrogen-bond acceptors (Lipinski definition) is 2. The first kappa shape index (κ1) is 15.1. The van der Waals surface area contributed by atoms with Crippen molar-refractivity contribution < 1.29 is 14.7 Å². The molecule has 0 radical (unpaired) electrons. The molecule has 5 nitrogen and oxygen atoms in total. The van der Waals surface area contributed by atoms with Crippen LogP contribution in [0.15, 0.2) is 0 Å². The molecule has 1 unspecified atom stereocenters. The lowest BCUT2D eigenvalue weighted by molar-refractivity contribution is -0.141. The van der Waals surface area contributed by atoms with Crippen LogP contribution in [0.1, 0.15) is 46.0 Å². The number of carboxylic acids is 1. The predicted octanol–water partition coefficient (Wildman–Crippen LogP) is 2.32. The van der Waals surface area contributed by atoms with Crippen LogP contribution in [0.2, 0.25) is 0 Å². The lowest BCUT2D eigenvalue weighted by Gasteiger charge is -2.43. The van der Waals surface area contributed by atoms with Gasteiger partial charge in [-0.25, -0.2) is 4.79 Å². The smallest absolute Gasteiger partial charge is 0.317 e. The fourth-order valence-corrected chi connectivity index (χ4v) is 3.52. The second-order valence-corrected chi connectivity index (χ2v) is 6.88. The van der Waals surface area contributed by atoms with Crippen LogP contribution in [0.3, 0.4) is 0 Å².